The van der Waals surface area contributed by atoms with Crippen LogP contribution in [0.1, 0.15) is 38.1 Å². The van der Waals surface area contributed by atoms with Crippen molar-refractivity contribution in [3.8, 4) is 21.8 Å². The van der Waals surface area contributed by atoms with E-state index >= 15 is 0 Å². The summed E-state index contributed by atoms with van der Waals surface area (Å²) >= 11 is 1.70. The summed E-state index contributed by atoms with van der Waals surface area (Å²) in [5.41, 5.74) is 14.9. The molecule has 0 saturated heterocycles. The number of carbonyl (C=O) groups is 1. The number of hydrogen-bond acceptors (Lipinski definition) is 7. The van der Waals surface area contributed by atoms with Crippen molar-refractivity contribution in [2.45, 2.75) is 38.1 Å². The van der Waals surface area contributed by atoms with Crippen LogP contribution in [0.2, 0.25) is 0 Å². The lowest BCUT2D eigenvalue weighted by Gasteiger charge is -2.22. The molecule has 10 heteroatoms. The number of thiophene rings is 1. The lowest BCUT2D eigenvalue weighted by molar-refractivity contribution is 0.205. The van der Waals surface area contributed by atoms with Gasteiger partial charge in [0.2, 0.25) is 0 Å². The Kier molecular flexibility index (Phi) is 6.28. The van der Waals surface area contributed by atoms with Gasteiger partial charge in [-0.15, -0.1) is 11.3 Å². The highest BCUT2D eigenvalue weighted by Gasteiger charge is 2.23. The molecule has 1 saturated carbocycles. The van der Waals surface area contributed by atoms with E-state index in [0.717, 1.165) is 56.6 Å². The number of carboxylic acid groups (broad SMARTS) is 1. The summed E-state index contributed by atoms with van der Waals surface area (Å²) in [5.74, 6) is 0.474. The Morgan fingerprint density at radius 1 is 1.09 bits per heavy atom. The molecule has 0 atom stereocenters. The number of aromatic nitrogens is 5. The molecular formula is C25H25N7O2S. The molecule has 0 aliphatic heterocycles. The monoisotopic (exact) mass is 487 g/mol. The topological polar surface area (TPSA) is 146 Å². The molecule has 1 aromatic carbocycles. The molecule has 0 radical (unpaired) electrons. The summed E-state index contributed by atoms with van der Waals surface area (Å²) in [7, 11) is 0. The fraction of sp³-hybridized carbons (Fsp3) is 0.240. The number of benzene rings is 1. The van der Waals surface area contributed by atoms with E-state index in [1.54, 1.807) is 11.3 Å². The number of hydrogen-bond donors (Lipinski definition) is 3. The van der Waals surface area contributed by atoms with E-state index in [1.807, 2.05) is 0 Å². The Hall–Kier alpha value is -4.05. The summed E-state index contributed by atoms with van der Waals surface area (Å²) in [6.45, 7) is 0. The Morgan fingerprint density at radius 3 is 2.60 bits per heavy atom. The van der Waals surface area contributed by atoms with Gasteiger partial charge in [0, 0.05) is 10.9 Å². The maximum Gasteiger partial charge on any atom is 0.402 e. The van der Waals surface area contributed by atoms with E-state index < -0.39 is 6.09 Å². The first-order valence-corrected chi connectivity index (χ1v) is 12.3. The van der Waals surface area contributed by atoms with E-state index in [1.165, 1.54) is 25.6 Å². The summed E-state index contributed by atoms with van der Waals surface area (Å²) < 4.78 is 2.08. The van der Waals surface area contributed by atoms with Crippen LogP contribution in [0.15, 0.2) is 54.2 Å². The maximum atomic E-state index is 8.78. The molecule has 6 rings (SSSR count). The van der Waals surface area contributed by atoms with Crippen molar-refractivity contribution < 1.29 is 9.90 Å². The average Bonchev–Trinajstić information content (AvgIpc) is 3.53. The normalized spacial score (nSPS) is 14.1. The number of pyridine rings is 1. The van der Waals surface area contributed by atoms with Gasteiger partial charge < -0.3 is 16.6 Å². The van der Waals surface area contributed by atoms with Gasteiger partial charge in [0.25, 0.3) is 0 Å². The van der Waals surface area contributed by atoms with Crippen LogP contribution in [0.4, 0.5) is 10.6 Å². The third kappa shape index (κ3) is 4.65. The summed E-state index contributed by atoms with van der Waals surface area (Å²) in [6, 6.07) is 15.0. The minimum Gasteiger partial charge on any atom is -0.465 e. The second-order valence-corrected chi connectivity index (χ2v) is 9.41. The zero-order valence-corrected chi connectivity index (χ0v) is 19.8. The van der Waals surface area contributed by atoms with Crippen LogP contribution < -0.4 is 11.5 Å². The second kappa shape index (κ2) is 9.67. The smallest absolute Gasteiger partial charge is 0.402 e. The fourth-order valence-corrected chi connectivity index (χ4v) is 5.30. The second-order valence-electron chi connectivity index (χ2n) is 8.46. The largest absolute Gasteiger partial charge is 0.465 e. The number of nitrogens with zero attached hydrogens (tertiary/aromatic N) is 5. The molecule has 1 fully saturated rings. The van der Waals surface area contributed by atoms with Gasteiger partial charge in [-0.1, -0.05) is 43.5 Å². The average molecular weight is 488 g/mol. The molecule has 1 aliphatic carbocycles. The number of nitrogen functional groups attached to an aromatic ring is 1. The predicted molar refractivity (Wildman–Crippen MR) is 138 cm³/mol. The Labute approximate surface area is 205 Å². The van der Waals surface area contributed by atoms with E-state index in [4.69, 9.17) is 25.7 Å². The van der Waals surface area contributed by atoms with Gasteiger partial charge in [-0.05, 0) is 36.4 Å². The molecule has 178 valence electrons. The summed E-state index contributed by atoms with van der Waals surface area (Å²) in [5, 5.41) is 16.2. The van der Waals surface area contributed by atoms with Crippen LogP contribution in [0, 0.1) is 0 Å². The van der Waals surface area contributed by atoms with Crippen LogP contribution in [-0.2, 0) is 0 Å². The van der Waals surface area contributed by atoms with Crippen LogP contribution in [0.25, 0.3) is 43.8 Å². The number of fused-ring (bicyclic) bond motifs is 2. The standard InChI is InChI=1S/C24H22N6S.CH3NO2/c25-23-21-22(29-30(24(21)27-14-26-23)17-5-2-1-3-6-17)16-9-8-15-10-11-18(28-19(15)13-16)20-7-4-12-31-20;2-1(3)4/h4,7-14,17H,1-3,5-6H2,(H2,25,26,27);2H2,(H,3,4). The quantitative estimate of drug-likeness (QED) is 0.305. The van der Waals surface area contributed by atoms with Crippen molar-refractivity contribution in [2.24, 2.45) is 5.73 Å². The SMILES string of the molecule is NC(=O)O.Nc1ncnc2c1c(-c1ccc3ccc(-c4cccs4)nc3c1)nn2C1CCCCC1. The van der Waals surface area contributed by atoms with E-state index in [2.05, 4.69) is 68.2 Å². The zero-order valence-electron chi connectivity index (χ0n) is 19.0. The van der Waals surface area contributed by atoms with Gasteiger partial charge in [-0.25, -0.2) is 24.4 Å². The molecule has 5 aromatic rings. The first kappa shape index (κ1) is 22.7. The van der Waals surface area contributed by atoms with E-state index in [9.17, 15) is 0 Å². The molecule has 4 aromatic heterocycles. The lowest BCUT2D eigenvalue weighted by Crippen LogP contribution is -2.14. The summed E-state index contributed by atoms with van der Waals surface area (Å²) in [6.07, 6.45) is 6.22. The molecule has 0 spiro atoms. The van der Waals surface area contributed by atoms with Crippen LogP contribution in [0.5, 0.6) is 0 Å². The molecule has 4 heterocycles. The highest BCUT2D eigenvalue weighted by Crippen LogP contribution is 2.36. The Balaban J connectivity index is 0.000000591. The van der Waals surface area contributed by atoms with Gasteiger partial charge in [-0.3, -0.25) is 0 Å². The van der Waals surface area contributed by atoms with Crippen molar-refractivity contribution in [2.75, 3.05) is 5.73 Å². The number of anilines is 1. The lowest BCUT2D eigenvalue weighted by atomic mass is 9.96. The van der Waals surface area contributed by atoms with Crippen LogP contribution >= 0.6 is 11.3 Å². The van der Waals surface area contributed by atoms with E-state index in [-0.39, 0.29) is 0 Å². The zero-order chi connectivity index (χ0) is 24.4. The maximum absolute atomic E-state index is 8.78. The molecule has 0 bridgehead atoms. The fourth-order valence-electron chi connectivity index (χ4n) is 4.60. The predicted octanol–water partition coefficient (Wildman–Crippen LogP) is 5.48. The Bertz CT molecular complexity index is 1490. The van der Waals surface area contributed by atoms with Crippen molar-refractivity contribution in [1.82, 2.24) is 24.7 Å². The third-order valence-corrected chi connectivity index (χ3v) is 7.07. The van der Waals surface area contributed by atoms with Crippen molar-refractivity contribution >= 4 is 45.2 Å². The minimum atomic E-state index is -1.33. The summed E-state index contributed by atoms with van der Waals surface area (Å²) in [4.78, 5) is 23.7. The van der Waals surface area contributed by atoms with Crippen LogP contribution in [-0.4, -0.2) is 35.9 Å². The highest BCUT2D eigenvalue weighted by molar-refractivity contribution is 7.13. The molecule has 5 N–H and O–H groups in total. The minimum absolute atomic E-state index is 0.364. The molecule has 1 aliphatic rings. The Morgan fingerprint density at radius 2 is 1.86 bits per heavy atom. The van der Waals surface area contributed by atoms with Gasteiger partial charge in [0.15, 0.2) is 5.65 Å². The first-order valence-electron chi connectivity index (χ1n) is 11.4. The molecule has 0 unspecified atom stereocenters. The van der Waals surface area contributed by atoms with Crippen LogP contribution in [0.3, 0.4) is 0 Å². The molecule has 1 amide bonds. The molecular weight excluding hydrogens is 462 g/mol. The van der Waals surface area contributed by atoms with Crippen molar-refractivity contribution in [3.63, 3.8) is 0 Å². The molecule has 9 nitrogen and oxygen atoms in total. The number of amides is 1. The molecule has 35 heavy (non-hydrogen) atoms. The number of primary amides is 1. The van der Waals surface area contributed by atoms with E-state index in [0.29, 0.717) is 11.9 Å². The first-order chi connectivity index (χ1) is 17.0. The van der Waals surface area contributed by atoms with Crippen molar-refractivity contribution in [3.05, 3.63) is 54.2 Å². The van der Waals surface area contributed by atoms with Gasteiger partial charge in [0.1, 0.15) is 17.8 Å². The highest BCUT2D eigenvalue weighted by atomic mass is 32.1. The van der Waals surface area contributed by atoms with Gasteiger partial charge >= 0.3 is 6.09 Å². The van der Waals surface area contributed by atoms with Gasteiger partial charge in [-0.2, -0.15) is 5.10 Å². The number of nitrogens with two attached hydrogens (primary N) is 2. The number of rotatable bonds is 3. The van der Waals surface area contributed by atoms with Crippen molar-refractivity contribution in [1.29, 1.82) is 0 Å². The van der Waals surface area contributed by atoms with Gasteiger partial charge in [0.05, 0.1) is 27.5 Å². The third-order valence-electron chi connectivity index (χ3n) is 6.18.